The standard InChI is InChI=1S/C17H28O4/c1-5-19-16(18)12(4)8-9-13-14-7-6-10-20-17(14)21-15(13)11(2)3/h11,13-15,17H,4-10H2,1-3H3/t13-,14+,15?,17-/m0/s1. The van der Waals surface area contributed by atoms with Gasteiger partial charge in [0.15, 0.2) is 6.29 Å². The van der Waals surface area contributed by atoms with E-state index in [1.165, 1.54) is 0 Å². The predicted octanol–water partition coefficient (Wildman–Crippen LogP) is 3.31. The Kier molecular flexibility index (Phi) is 5.82. The molecule has 0 aromatic heterocycles. The van der Waals surface area contributed by atoms with E-state index in [1.807, 2.05) is 6.92 Å². The SMILES string of the molecule is C=C(CC[C@@H]1C(C(C)C)O[C@@H]2OCCC[C@@H]21)C(=O)OCC. The number of carbonyl (C=O) groups excluding carboxylic acids is 1. The first-order chi connectivity index (χ1) is 10.0. The number of rotatable bonds is 6. The van der Waals surface area contributed by atoms with Gasteiger partial charge in [-0.25, -0.2) is 4.79 Å². The van der Waals surface area contributed by atoms with Crippen LogP contribution >= 0.6 is 0 Å². The highest BCUT2D eigenvalue weighted by atomic mass is 16.7. The molecule has 0 aromatic rings. The Balaban J connectivity index is 1.95. The third-order valence-electron chi connectivity index (χ3n) is 4.58. The average molecular weight is 296 g/mol. The Morgan fingerprint density at radius 1 is 1.43 bits per heavy atom. The zero-order valence-corrected chi connectivity index (χ0v) is 13.5. The summed E-state index contributed by atoms with van der Waals surface area (Å²) in [5, 5.41) is 0. The van der Waals surface area contributed by atoms with Crippen molar-refractivity contribution in [2.45, 2.75) is 58.8 Å². The summed E-state index contributed by atoms with van der Waals surface area (Å²) in [6, 6.07) is 0. The average Bonchev–Trinajstić information content (AvgIpc) is 2.84. The lowest BCUT2D eigenvalue weighted by Crippen LogP contribution is -2.29. The lowest BCUT2D eigenvalue weighted by atomic mass is 9.79. The third-order valence-corrected chi connectivity index (χ3v) is 4.58. The van der Waals surface area contributed by atoms with E-state index in [0.29, 0.717) is 36.4 Å². The van der Waals surface area contributed by atoms with Crippen LogP contribution in [0.25, 0.3) is 0 Å². The van der Waals surface area contributed by atoms with Crippen LogP contribution in [-0.4, -0.2) is 31.6 Å². The largest absolute Gasteiger partial charge is 0.463 e. The summed E-state index contributed by atoms with van der Waals surface area (Å²) in [7, 11) is 0. The third kappa shape index (κ3) is 3.86. The number of esters is 1. The minimum atomic E-state index is -0.269. The molecular weight excluding hydrogens is 268 g/mol. The minimum absolute atomic E-state index is 0.0491. The monoisotopic (exact) mass is 296 g/mol. The molecule has 0 bridgehead atoms. The van der Waals surface area contributed by atoms with Crippen molar-refractivity contribution in [2.24, 2.45) is 17.8 Å². The van der Waals surface area contributed by atoms with Gasteiger partial charge in [0.25, 0.3) is 0 Å². The molecule has 0 radical (unpaired) electrons. The van der Waals surface area contributed by atoms with E-state index in [4.69, 9.17) is 14.2 Å². The predicted molar refractivity (Wildman–Crippen MR) is 80.7 cm³/mol. The fraction of sp³-hybridized carbons (Fsp3) is 0.824. The molecule has 0 spiro atoms. The minimum Gasteiger partial charge on any atom is -0.463 e. The van der Waals surface area contributed by atoms with Crippen molar-refractivity contribution in [3.05, 3.63) is 12.2 Å². The summed E-state index contributed by atoms with van der Waals surface area (Å²) in [5.74, 6) is 1.09. The number of fused-ring (bicyclic) bond motifs is 1. The second-order valence-electron chi connectivity index (χ2n) is 6.42. The Bertz CT molecular complexity index is 375. The van der Waals surface area contributed by atoms with Crippen LogP contribution in [0.4, 0.5) is 0 Å². The smallest absolute Gasteiger partial charge is 0.333 e. The van der Waals surface area contributed by atoms with Crippen molar-refractivity contribution >= 4 is 5.97 Å². The van der Waals surface area contributed by atoms with E-state index in [-0.39, 0.29) is 18.4 Å². The molecule has 2 aliphatic heterocycles. The Hall–Kier alpha value is -0.870. The highest BCUT2D eigenvalue weighted by Crippen LogP contribution is 2.44. The Morgan fingerprint density at radius 2 is 2.19 bits per heavy atom. The zero-order chi connectivity index (χ0) is 15.4. The molecule has 0 saturated carbocycles. The fourth-order valence-corrected chi connectivity index (χ4v) is 3.54. The van der Waals surface area contributed by atoms with Gasteiger partial charge in [-0.05, 0) is 44.4 Å². The number of ether oxygens (including phenoxy) is 3. The van der Waals surface area contributed by atoms with Crippen molar-refractivity contribution in [1.82, 2.24) is 0 Å². The number of hydrogen-bond donors (Lipinski definition) is 0. The van der Waals surface area contributed by atoms with Gasteiger partial charge in [0.05, 0.1) is 12.7 Å². The van der Waals surface area contributed by atoms with Gasteiger partial charge < -0.3 is 14.2 Å². The van der Waals surface area contributed by atoms with Crippen molar-refractivity contribution in [3.8, 4) is 0 Å². The second-order valence-corrected chi connectivity index (χ2v) is 6.42. The molecule has 2 fully saturated rings. The zero-order valence-electron chi connectivity index (χ0n) is 13.5. The maximum atomic E-state index is 11.7. The summed E-state index contributed by atoms with van der Waals surface area (Å²) in [6.07, 6.45) is 4.03. The van der Waals surface area contributed by atoms with Gasteiger partial charge >= 0.3 is 5.97 Å². The molecule has 0 N–H and O–H groups in total. The second kappa shape index (κ2) is 7.41. The first-order valence-electron chi connectivity index (χ1n) is 8.16. The Labute approximate surface area is 127 Å². The molecule has 4 atom stereocenters. The number of hydrogen-bond acceptors (Lipinski definition) is 4. The van der Waals surface area contributed by atoms with Crippen LogP contribution in [-0.2, 0) is 19.0 Å². The van der Waals surface area contributed by atoms with E-state index in [1.54, 1.807) is 0 Å². The van der Waals surface area contributed by atoms with E-state index in [2.05, 4.69) is 20.4 Å². The summed E-state index contributed by atoms with van der Waals surface area (Å²) in [5.41, 5.74) is 0.569. The summed E-state index contributed by atoms with van der Waals surface area (Å²) in [4.78, 5) is 11.7. The number of carbonyl (C=O) groups is 1. The lowest BCUT2D eigenvalue weighted by molar-refractivity contribution is -0.171. The van der Waals surface area contributed by atoms with Gasteiger partial charge in [0.1, 0.15) is 0 Å². The molecule has 120 valence electrons. The normalized spacial score (nSPS) is 32.0. The van der Waals surface area contributed by atoms with Crippen LogP contribution in [0.3, 0.4) is 0 Å². The van der Waals surface area contributed by atoms with Gasteiger partial charge in [-0.15, -0.1) is 0 Å². The maximum Gasteiger partial charge on any atom is 0.333 e. The van der Waals surface area contributed by atoms with Crippen molar-refractivity contribution in [1.29, 1.82) is 0 Å². The molecule has 21 heavy (non-hydrogen) atoms. The first-order valence-corrected chi connectivity index (χ1v) is 8.16. The van der Waals surface area contributed by atoms with Gasteiger partial charge in [-0.1, -0.05) is 20.4 Å². The molecule has 2 aliphatic rings. The highest BCUT2D eigenvalue weighted by molar-refractivity contribution is 5.87. The molecule has 0 aliphatic carbocycles. The van der Waals surface area contributed by atoms with Crippen LogP contribution in [0, 0.1) is 17.8 Å². The molecule has 2 rings (SSSR count). The first kappa shape index (κ1) is 16.5. The van der Waals surface area contributed by atoms with Crippen LogP contribution in [0.2, 0.25) is 0 Å². The van der Waals surface area contributed by atoms with Crippen molar-refractivity contribution in [2.75, 3.05) is 13.2 Å². The molecule has 0 aromatic carbocycles. The van der Waals surface area contributed by atoms with E-state index in [0.717, 1.165) is 25.9 Å². The lowest BCUT2D eigenvalue weighted by Gasteiger charge is -2.28. The molecule has 2 saturated heterocycles. The Morgan fingerprint density at radius 3 is 2.86 bits per heavy atom. The fourth-order valence-electron chi connectivity index (χ4n) is 3.54. The van der Waals surface area contributed by atoms with Crippen LogP contribution in [0.1, 0.15) is 46.5 Å². The summed E-state index contributed by atoms with van der Waals surface area (Å²) >= 11 is 0. The molecular formula is C17H28O4. The van der Waals surface area contributed by atoms with Crippen LogP contribution in [0.15, 0.2) is 12.2 Å². The van der Waals surface area contributed by atoms with Gasteiger partial charge in [-0.2, -0.15) is 0 Å². The van der Waals surface area contributed by atoms with Gasteiger partial charge in [0.2, 0.25) is 0 Å². The quantitative estimate of drug-likeness (QED) is 0.557. The van der Waals surface area contributed by atoms with Crippen molar-refractivity contribution in [3.63, 3.8) is 0 Å². The highest BCUT2D eigenvalue weighted by Gasteiger charge is 2.46. The van der Waals surface area contributed by atoms with E-state index in [9.17, 15) is 4.79 Å². The topological polar surface area (TPSA) is 44.8 Å². The summed E-state index contributed by atoms with van der Waals surface area (Å²) < 4.78 is 16.9. The van der Waals surface area contributed by atoms with Gasteiger partial charge in [-0.3, -0.25) is 0 Å². The van der Waals surface area contributed by atoms with Crippen molar-refractivity contribution < 1.29 is 19.0 Å². The molecule has 1 unspecified atom stereocenters. The van der Waals surface area contributed by atoms with Crippen LogP contribution < -0.4 is 0 Å². The molecule has 0 amide bonds. The van der Waals surface area contributed by atoms with E-state index < -0.39 is 0 Å². The molecule has 4 heteroatoms. The maximum absolute atomic E-state index is 11.7. The van der Waals surface area contributed by atoms with Gasteiger partial charge in [0, 0.05) is 18.1 Å². The van der Waals surface area contributed by atoms with Crippen LogP contribution in [0.5, 0.6) is 0 Å². The molecule has 2 heterocycles. The van der Waals surface area contributed by atoms with E-state index >= 15 is 0 Å². The molecule has 4 nitrogen and oxygen atoms in total. The summed E-state index contributed by atoms with van der Waals surface area (Å²) in [6.45, 7) is 11.3.